The third-order valence-electron chi connectivity index (χ3n) is 5.80. The van der Waals surface area contributed by atoms with Crippen LogP contribution in [0.25, 0.3) is 0 Å². The third-order valence-corrected chi connectivity index (χ3v) is 7.61. The number of hydrogen-bond acceptors (Lipinski definition) is 7. The molecule has 0 saturated carbocycles. The van der Waals surface area contributed by atoms with E-state index in [4.69, 9.17) is 9.47 Å². The molecule has 0 unspecified atom stereocenters. The SMILES string of the molecule is C=C1[C@H]2[C@@H](NC1(C(=O)OCC)C(=O)OCC)c1cc(F)ccc1N2S(=O)(=O)c1ccccc1. The maximum absolute atomic E-state index is 14.2. The van der Waals surface area contributed by atoms with Crippen molar-refractivity contribution in [1.82, 2.24) is 5.32 Å². The van der Waals surface area contributed by atoms with Gasteiger partial charge in [0.25, 0.3) is 10.0 Å². The molecule has 2 aliphatic rings. The topological polar surface area (TPSA) is 102 Å². The lowest BCUT2D eigenvalue weighted by Gasteiger charge is -2.31. The summed E-state index contributed by atoms with van der Waals surface area (Å²) in [5.41, 5.74) is -1.70. The molecule has 1 saturated heterocycles. The Bertz CT molecular complexity index is 1210. The Morgan fingerprint density at radius 1 is 1.09 bits per heavy atom. The lowest BCUT2D eigenvalue weighted by atomic mass is 9.90. The lowest BCUT2D eigenvalue weighted by Crippen LogP contribution is -2.58. The van der Waals surface area contributed by atoms with Crippen molar-refractivity contribution in [3.05, 3.63) is 72.1 Å². The standard InChI is InChI=1S/C23H23FN2O6S/c1-4-31-21(27)23(22(28)32-5-2)14(3)20-19(25-23)17-13-15(24)11-12-18(17)26(20)33(29,30)16-9-7-6-8-10-16/h6-13,19-20,25H,3-5H2,1-2H3/t19-,20-/m0/s1. The fraction of sp³-hybridized carbons (Fsp3) is 0.304. The molecule has 2 aromatic carbocycles. The molecule has 0 amide bonds. The molecule has 1 fully saturated rings. The second kappa shape index (κ2) is 8.27. The van der Waals surface area contributed by atoms with Crippen molar-refractivity contribution in [1.29, 1.82) is 0 Å². The Morgan fingerprint density at radius 2 is 1.70 bits per heavy atom. The number of nitrogens with zero attached hydrogens (tertiary/aromatic N) is 1. The Hall–Kier alpha value is -3.24. The summed E-state index contributed by atoms with van der Waals surface area (Å²) in [7, 11) is -4.17. The first-order chi connectivity index (χ1) is 15.7. The molecule has 174 valence electrons. The van der Waals surface area contributed by atoms with E-state index in [2.05, 4.69) is 11.9 Å². The Balaban J connectivity index is 1.92. The van der Waals surface area contributed by atoms with Crippen molar-refractivity contribution >= 4 is 27.6 Å². The first kappa shape index (κ1) is 22.9. The van der Waals surface area contributed by atoms with Crippen LogP contribution in [0.1, 0.15) is 25.5 Å². The number of carbonyl (C=O) groups excluding carboxylic acids is 2. The molecular formula is C23H23FN2O6S. The van der Waals surface area contributed by atoms with Gasteiger partial charge in [0.15, 0.2) is 0 Å². The highest BCUT2D eigenvalue weighted by Crippen LogP contribution is 2.52. The molecule has 1 N–H and O–H groups in total. The predicted molar refractivity (Wildman–Crippen MR) is 117 cm³/mol. The number of benzene rings is 2. The van der Waals surface area contributed by atoms with E-state index in [1.807, 2.05) is 0 Å². The fourth-order valence-corrected chi connectivity index (χ4v) is 6.11. The van der Waals surface area contributed by atoms with Gasteiger partial charge in [-0.15, -0.1) is 0 Å². The van der Waals surface area contributed by atoms with Crippen LogP contribution in [0, 0.1) is 5.82 Å². The van der Waals surface area contributed by atoms with Gasteiger partial charge in [0, 0.05) is 0 Å². The molecule has 8 nitrogen and oxygen atoms in total. The van der Waals surface area contributed by atoms with E-state index in [9.17, 15) is 22.4 Å². The number of esters is 2. The van der Waals surface area contributed by atoms with Gasteiger partial charge in [-0.1, -0.05) is 24.8 Å². The highest BCUT2D eigenvalue weighted by Gasteiger charge is 2.65. The van der Waals surface area contributed by atoms with Crippen molar-refractivity contribution in [2.75, 3.05) is 17.5 Å². The van der Waals surface area contributed by atoms with Crippen LogP contribution < -0.4 is 9.62 Å². The quantitative estimate of drug-likeness (QED) is 0.390. The minimum Gasteiger partial charge on any atom is -0.464 e. The van der Waals surface area contributed by atoms with Crippen molar-refractivity contribution in [3.63, 3.8) is 0 Å². The molecule has 4 rings (SSSR count). The Labute approximate surface area is 191 Å². The van der Waals surface area contributed by atoms with E-state index in [0.717, 1.165) is 10.4 Å². The number of ether oxygens (including phenoxy) is 2. The average Bonchev–Trinajstić information content (AvgIpc) is 3.27. The van der Waals surface area contributed by atoms with Gasteiger partial charge in [0.1, 0.15) is 5.82 Å². The monoisotopic (exact) mass is 474 g/mol. The summed E-state index contributed by atoms with van der Waals surface area (Å²) in [6.07, 6.45) is 0. The number of anilines is 1. The van der Waals surface area contributed by atoms with Gasteiger partial charge in [0.2, 0.25) is 5.54 Å². The van der Waals surface area contributed by atoms with Crippen LogP contribution in [0.5, 0.6) is 0 Å². The molecular weight excluding hydrogens is 451 g/mol. The van der Waals surface area contributed by atoms with E-state index in [1.54, 1.807) is 32.0 Å². The van der Waals surface area contributed by atoms with Crippen LogP contribution in [0.3, 0.4) is 0 Å². The predicted octanol–water partition coefficient (Wildman–Crippen LogP) is 2.47. The van der Waals surface area contributed by atoms with Crippen LogP contribution in [0.2, 0.25) is 0 Å². The minimum absolute atomic E-state index is 0.00139. The number of nitrogens with one attached hydrogen (secondary N) is 1. The van der Waals surface area contributed by atoms with Crippen LogP contribution in [0.4, 0.5) is 10.1 Å². The Kier molecular flexibility index (Phi) is 5.75. The molecule has 2 aromatic rings. The number of rotatable bonds is 6. The van der Waals surface area contributed by atoms with Crippen LogP contribution >= 0.6 is 0 Å². The number of fused-ring (bicyclic) bond motifs is 3. The van der Waals surface area contributed by atoms with E-state index in [-0.39, 0.29) is 34.9 Å². The number of sulfonamides is 1. The zero-order valence-corrected chi connectivity index (χ0v) is 18.9. The highest BCUT2D eigenvalue weighted by molar-refractivity contribution is 7.93. The summed E-state index contributed by atoms with van der Waals surface area (Å²) >= 11 is 0. The maximum Gasteiger partial charge on any atom is 0.342 e. The maximum atomic E-state index is 14.2. The largest absolute Gasteiger partial charge is 0.464 e. The summed E-state index contributed by atoms with van der Waals surface area (Å²) < 4.78 is 53.0. The molecule has 0 aromatic heterocycles. The molecule has 0 bridgehead atoms. The summed E-state index contributed by atoms with van der Waals surface area (Å²) in [5, 5.41) is 2.90. The van der Waals surface area contributed by atoms with Gasteiger partial charge in [0.05, 0.1) is 35.9 Å². The van der Waals surface area contributed by atoms with Gasteiger partial charge in [-0.05, 0) is 55.3 Å². The molecule has 2 aliphatic heterocycles. The number of halogens is 1. The van der Waals surface area contributed by atoms with Gasteiger partial charge in [-0.25, -0.2) is 22.4 Å². The summed E-state index contributed by atoms with van der Waals surface area (Å²) in [4.78, 5) is 26.1. The Morgan fingerprint density at radius 3 is 2.27 bits per heavy atom. The van der Waals surface area contributed by atoms with Crippen LogP contribution in [-0.2, 0) is 29.1 Å². The van der Waals surface area contributed by atoms with E-state index < -0.39 is 45.4 Å². The zero-order valence-electron chi connectivity index (χ0n) is 18.1. The molecule has 0 aliphatic carbocycles. The number of carbonyl (C=O) groups is 2. The molecule has 2 heterocycles. The number of hydrogen-bond donors (Lipinski definition) is 1. The van der Waals surface area contributed by atoms with Gasteiger partial charge in [-0.2, -0.15) is 0 Å². The second-order valence-corrected chi connectivity index (χ2v) is 9.42. The highest BCUT2D eigenvalue weighted by atomic mass is 32.2. The van der Waals surface area contributed by atoms with Crippen molar-refractivity contribution in [2.45, 2.75) is 36.4 Å². The van der Waals surface area contributed by atoms with Gasteiger partial charge >= 0.3 is 11.9 Å². The lowest BCUT2D eigenvalue weighted by molar-refractivity contribution is -0.163. The minimum atomic E-state index is -4.17. The third kappa shape index (κ3) is 3.32. The van der Waals surface area contributed by atoms with E-state index >= 15 is 0 Å². The zero-order chi connectivity index (χ0) is 24.0. The molecule has 33 heavy (non-hydrogen) atoms. The van der Waals surface area contributed by atoms with Gasteiger partial charge in [-0.3, -0.25) is 9.62 Å². The first-order valence-electron chi connectivity index (χ1n) is 10.4. The van der Waals surface area contributed by atoms with Crippen molar-refractivity contribution in [3.8, 4) is 0 Å². The van der Waals surface area contributed by atoms with Gasteiger partial charge < -0.3 is 9.47 Å². The molecule has 2 atom stereocenters. The molecule has 10 heteroatoms. The van der Waals surface area contributed by atoms with E-state index in [1.165, 1.54) is 24.3 Å². The van der Waals surface area contributed by atoms with Crippen LogP contribution in [0.15, 0.2) is 65.6 Å². The average molecular weight is 475 g/mol. The van der Waals surface area contributed by atoms with Crippen molar-refractivity contribution in [2.24, 2.45) is 0 Å². The molecule has 0 spiro atoms. The second-order valence-electron chi connectivity index (χ2n) is 7.60. The van der Waals surface area contributed by atoms with E-state index in [0.29, 0.717) is 0 Å². The fourth-order valence-electron chi connectivity index (χ4n) is 4.40. The van der Waals surface area contributed by atoms with Crippen LogP contribution in [-0.4, -0.2) is 45.2 Å². The first-order valence-corrected chi connectivity index (χ1v) is 11.8. The summed E-state index contributed by atoms with van der Waals surface area (Å²) in [6.45, 7) is 7.05. The summed E-state index contributed by atoms with van der Waals surface area (Å²) in [6, 6.07) is 9.36. The molecule has 0 radical (unpaired) electrons. The normalized spacial score (nSPS) is 20.8. The summed E-state index contributed by atoms with van der Waals surface area (Å²) in [5.74, 6) is -2.51. The van der Waals surface area contributed by atoms with Crippen molar-refractivity contribution < 1.29 is 31.9 Å². The smallest absolute Gasteiger partial charge is 0.342 e.